The van der Waals surface area contributed by atoms with Gasteiger partial charge in [0.2, 0.25) is 5.69 Å². The second kappa shape index (κ2) is 7.71. The topological polar surface area (TPSA) is 117 Å². The number of aromatic nitrogens is 4. The predicted molar refractivity (Wildman–Crippen MR) is 113 cm³/mol. The van der Waals surface area contributed by atoms with Crippen LogP contribution in [0.25, 0.3) is 16.6 Å². The van der Waals surface area contributed by atoms with Crippen LogP contribution in [0.3, 0.4) is 0 Å². The average molecular weight is 442 g/mol. The van der Waals surface area contributed by atoms with Crippen molar-refractivity contribution in [1.29, 1.82) is 5.26 Å². The van der Waals surface area contributed by atoms with Gasteiger partial charge in [-0.05, 0) is 42.3 Å². The zero-order valence-electron chi connectivity index (χ0n) is 15.5. The molecular formula is C20H13Cl2N5O3. The maximum Gasteiger partial charge on any atom is 0.349 e. The molecule has 30 heavy (non-hydrogen) atoms. The van der Waals surface area contributed by atoms with Crippen LogP contribution in [0.4, 0.5) is 0 Å². The third-order valence-electron chi connectivity index (χ3n) is 4.50. The summed E-state index contributed by atoms with van der Waals surface area (Å²) >= 11 is 12.7. The summed E-state index contributed by atoms with van der Waals surface area (Å²) in [5.74, 6) is 0.743. The predicted octanol–water partition coefficient (Wildman–Crippen LogP) is 3.94. The van der Waals surface area contributed by atoms with Crippen molar-refractivity contribution in [1.82, 2.24) is 19.7 Å². The summed E-state index contributed by atoms with van der Waals surface area (Å²) in [6.45, 7) is 2.06. The van der Waals surface area contributed by atoms with E-state index in [-0.39, 0.29) is 21.5 Å². The molecule has 8 nitrogen and oxygen atoms in total. The van der Waals surface area contributed by atoms with Gasteiger partial charge in [0.15, 0.2) is 5.75 Å². The molecule has 0 unspecified atom stereocenters. The highest BCUT2D eigenvalue weighted by Crippen LogP contribution is 2.38. The SMILES string of the molecule is CCc1c[nH]c2ccc(Oc3c(Cl)cc(-n4nc(C#N)c(=O)[nH]c4=O)cc3Cl)cc12. The molecule has 0 aliphatic carbocycles. The number of hydrogen-bond donors (Lipinski definition) is 2. The van der Waals surface area contributed by atoms with Crippen LogP contribution in [0, 0.1) is 11.3 Å². The molecule has 0 radical (unpaired) electrons. The van der Waals surface area contributed by atoms with E-state index in [9.17, 15) is 9.59 Å². The highest BCUT2D eigenvalue weighted by molar-refractivity contribution is 6.37. The van der Waals surface area contributed by atoms with Crippen LogP contribution in [0.5, 0.6) is 11.5 Å². The second-order valence-corrected chi connectivity index (χ2v) is 7.16. The van der Waals surface area contributed by atoms with Gasteiger partial charge in [-0.1, -0.05) is 30.1 Å². The van der Waals surface area contributed by atoms with Crippen molar-refractivity contribution in [3.8, 4) is 23.3 Å². The molecule has 2 aromatic carbocycles. The Hall–Kier alpha value is -3.54. The van der Waals surface area contributed by atoms with Crippen molar-refractivity contribution in [2.24, 2.45) is 0 Å². The molecule has 10 heteroatoms. The van der Waals surface area contributed by atoms with Crippen LogP contribution < -0.4 is 16.0 Å². The van der Waals surface area contributed by atoms with Crippen LogP contribution in [-0.2, 0) is 6.42 Å². The molecular weight excluding hydrogens is 429 g/mol. The molecule has 0 bridgehead atoms. The van der Waals surface area contributed by atoms with Crippen molar-refractivity contribution in [3.63, 3.8) is 0 Å². The first kappa shape index (κ1) is 19.8. The van der Waals surface area contributed by atoms with Crippen LogP contribution in [-0.4, -0.2) is 19.7 Å². The van der Waals surface area contributed by atoms with Gasteiger partial charge in [-0.3, -0.25) is 9.78 Å². The molecule has 0 aliphatic rings. The molecule has 0 saturated carbocycles. The third kappa shape index (κ3) is 3.45. The zero-order valence-corrected chi connectivity index (χ0v) is 17.0. The number of rotatable bonds is 4. The number of nitrogens with one attached hydrogen (secondary N) is 2. The molecule has 4 aromatic rings. The summed E-state index contributed by atoms with van der Waals surface area (Å²) in [4.78, 5) is 28.8. The normalized spacial score (nSPS) is 10.9. The lowest BCUT2D eigenvalue weighted by atomic mass is 10.1. The third-order valence-corrected chi connectivity index (χ3v) is 5.06. The van der Waals surface area contributed by atoms with E-state index in [1.54, 1.807) is 12.1 Å². The lowest BCUT2D eigenvalue weighted by Crippen LogP contribution is -2.33. The number of fused-ring (bicyclic) bond motifs is 1. The highest BCUT2D eigenvalue weighted by Gasteiger charge is 2.15. The first-order valence-corrected chi connectivity index (χ1v) is 9.58. The number of H-pyrrole nitrogens is 2. The number of nitrogens with zero attached hydrogens (tertiary/aromatic N) is 3. The monoisotopic (exact) mass is 441 g/mol. The molecule has 0 atom stereocenters. The Kier molecular flexibility index (Phi) is 5.08. The molecule has 0 fully saturated rings. The van der Waals surface area contributed by atoms with Gasteiger partial charge in [0.1, 0.15) is 11.8 Å². The van der Waals surface area contributed by atoms with Gasteiger partial charge in [-0.15, -0.1) is 5.10 Å². The Morgan fingerprint density at radius 1 is 1.20 bits per heavy atom. The number of aryl methyl sites for hydroxylation is 1. The lowest BCUT2D eigenvalue weighted by Gasteiger charge is -2.12. The molecule has 0 aliphatic heterocycles. The van der Waals surface area contributed by atoms with Crippen molar-refractivity contribution >= 4 is 34.1 Å². The Morgan fingerprint density at radius 3 is 2.60 bits per heavy atom. The van der Waals surface area contributed by atoms with E-state index in [1.807, 2.05) is 23.3 Å². The fourth-order valence-corrected chi connectivity index (χ4v) is 3.60. The van der Waals surface area contributed by atoms with Gasteiger partial charge < -0.3 is 9.72 Å². The first-order chi connectivity index (χ1) is 14.4. The summed E-state index contributed by atoms with van der Waals surface area (Å²) in [5, 5.41) is 14.0. The van der Waals surface area contributed by atoms with Gasteiger partial charge >= 0.3 is 5.69 Å². The molecule has 150 valence electrons. The largest absolute Gasteiger partial charge is 0.454 e. The van der Waals surface area contributed by atoms with E-state index in [4.69, 9.17) is 33.2 Å². The Labute approximate surface area is 179 Å². The average Bonchev–Trinajstić information content (AvgIpc) is 3.13. The molecule has 0 saturated heterocycles. The van der Waals surface area contributed by atoms with Crippen LogP contribution in [0.1, 0.15) is 18.2 Å². The number of benzene rings is 2. The Bertz CT molecular complexity index is 1420. The number of ether oxygens (including phenoxy) is 1. The molecule has 0 amide bonds. The van der Waals surface area contributed by atoms with Gasteiger partial charge in [0.05, 0.1) is 15.7 Å². The van der Waals surface area contributed by atoms with E-state index in [2.05, 4.69) is 17.0 Å². The van der Waals surface area contributed by atoms with E-state index in [0.29, 0.717) is 5.75 Å². The molecule has 2 N–H and O–H groups in total. The van der Waals surface area contributed by atoms with Crippen molar-refractivity contribution in [2.75, 3.05) is 0 Å². The fourth-order valence-electron chi connectivity index (χ4n) is 3.05. The highest BCUT2D eigenvalue weighted by atomic mass is 35.5. The number of aromatic amines is 2. The molecule has 4 rings (SSSR count). The van der Waals surface area contributed by atoms with Crippen LogP contribution >= 0.6 is 23.2 Å². The number of nitriles is 1. The maximum atomic E-state index is 12.1. The standard InChI is InChI=1S/C20H13Cl2N5O3/c1-2-10-9-24-16-4-3-12(7-13(10)16)30-18-14(21)5-11(6-15(18)22)27-20(29)25-19(28)17(8-23)26-27/h3-7,9,24H,2H2,1H3,(H,25,28,29). The van der Waals surface area contributed by atoms with E-state index < -0.39 is 16.9 Å². The van der Waals surface area contributed by atoms with E-state index >= 15 is 0 Å². The fraction of sp³-hybridized carbons (Fsp3) is 0.100. The molecule has 2 aromatic heterocycles. The number of hydrogen-bond acceptors (Lipinski definition) is 5. The van der Waals surface area contributed by atoms with E-state index in [1.165, 1.54) is 12.1 Å². The summed E-state index contributed by atoms with van der Waals surface area (Å²) in [6.07, 6.45) is 2.82. The second-order valence-electron chi connectivity index (χ2n) is 6.35. The van der Waals surface area contributed by atoms with Crippen molar-refractivity contribution in [3.05, 3.63) is 78.7 Å². The maximum absolute atomic E-state index is 12.1. The minimum absolute atomic E-state index is 0.126. The summed E-state index contributed by atoms with van der Waals surface area (Å²) in [7, 11) is 0. The Balaban J connectivity index is 1.75. The van der Waals surface area contributed by atoms with Gasteiger partial charge in [0.25, 0.3) is 5.56 Å². The van der Waals surface area contributed by atoms with Gasteiger partial charge in [-0.25, -0.2) is 4.79 Å². The van der Waals surface area contributed by atoms with Crippen molar-refractivity contribution < 1.29 is 4.74 Å². The Morgan fingerprint density at radius 2 is 1.93 bits per heavy atom. The van der Waals surface area contributed by atoms with E-state index in [0.717, 1.165) is 27.6 Å². The lowest BCUT2D eigenvalue weighted by molar-refractivity contribution is 0.483. The van der Waals surface area contributed by atoms with Crippen molar-refractivity contribution in [2.45, 2.75) is 13.3 Å². The van der Waals surface area contributed by atoms with Gasteiger partial charge in [-0.2, -0.15) is 9.94 Å². The van der Waals surface area contributed by atoms with Crippen LogP contribution in [0.15, 0.2) is 46.1 Å². The summed E-state index contributed by atoms with van der Waals surface area (Å²) in [5.41, 5.74) is 0.147. The van der Waals surface area contributed by atoms with Gasteiger partial charge in [0, 0.05) is 17.1 Å². The smallest absolute Gasteiger partial charge is 0.349 e. The minimum Gasteiger partial charge on any atom is -0.454 e. The quantitative estimate of drug-likeness (QED) is 0.497. The zero-order chi connectivity index (χ0) is 21.4. The number of halogens is 2. The summed E-state index contributed by atoms with van der Waals surface area (Å²) < 4.78 is 6.74. The molecule has 2 heterocycles. The first-order valence-electron chi connectivity index (χ1n) is 8.82. The van der Waals surface area contributed by atoms with Crippen LogP contribution in [0.2, 0.25) is 10.0 Å². The minimum atomic E-state index is -0.873. The molecule has 0 spiro atoms. The summed E-state index contributed by atoms with van der Waals surface area (Å²) in [6, 6.07) is 10.00.